The smallest absolute Gasteiger partial charge is 0.267 e. The summed E-state index contributed by atoms with van der Waals surface area (Å²) < 4.78 is 40.1. The molecule has 1 amide bonds. The number of fused-ring (bicyclic) bond motifs is 1. The second-order valence-electron chi connectivity index (χ2n) is 10.0. The first-order valence-corrected chi connectivity index (χ1v) is 13.2. The highest BCUT2D eigenvalue weighted by Gasteiger charge is 2.38. The van der Waals surface area contributed by atoms with E-state index >= 15 is 0 Å². The Kier molecular flexibility index (Phi) is 7.11. The molecule has 36 heavy (non-hydrogen) atoms. The molecular formula is C28H32N2O5S. The molecule has 0 fully saturated rings. The summed E-state index contributed by atoms with van der Waals surface area (Å²) in [7, 11) is -2.35. The second kappa shape index (κ2) is 9.95. The normalized spacial score (nSPS) is 15.7. The third-order valence-corrected chi connectivity index (χ3v) is 7.90. The Balaban J connectivity index is 1.71. The monoisotopic (exact) mass is 508 g/mol. The molecule has 0 radical (unpaired) electrons. The van der Waals surface area contributed by atoms with Crippen LogP contribution in [0.4, 0.5) is 11.4 Å². The first kappa shape index (κ1) is 25.7. The molecule has 1 aliphatic heterocycles. The van der Waals surface area contributed by atoms with Crippen LogP contribution in [0.5, 0.6) is 5.75 Å². The minimum atomic E-state index is -3.95. The highest BCUT2D eigenvalue weighted by Crippen LogP contribution is 2.40. The van der Waals surface area contributed by atoms with Crippen LogP contribution >= 0.6 is 0 Å². The summed E-state index contributed by atoms with van der Waals surface area (Å²) in [6.07, 6.45) is -1.04. The molecule has 3 aromatic carbocycles. The standard InChI is InChI=1S/C28H32N2O5S/c1-19-9-12-23(13-10-19)36(32,33)30-17-26(27(31)29-22-8-6-7-20(15-22)18-34-5)35-25-14-11-21(16-24(25)30)28(2,3)4/h6-16,26H,17-18H2,1-5H3,(H,29,31). The SMILES string of the molecule is COCc1cccc(NC(=O)C2CN(S(=O)(=O)c3ccc(C)cc3)c3cc(C(C)(C)C)ccc3O2)c1. The lowest BCUT2D eigenvalue weighted by atomic mass is 9.86. The maximum absolute atomic E-state index is 13.8. The van der Waals surface area contributed by atoms with Crippen LogP contribution in [0.3, 0.4) is 0 Å². The predicted octanol–water partition coefficient (Wildman–Crippen LogP) is 5.03. The van der Waals surface area contributed by atoms with Gasteiger partial charge in [0.1, 0.15) is 5.75 Å². The number of methoxy groups -OCH3 is 1. The Morgan fingerprint density at radius 3 is 2.47 bits per heavy atom. The van der Waals surface area contributed by atoms with Crippen molar-refractivity contribution in [2.75, 3.05) is 23.3 Å². The van der Waals surface area contributed by atoms with Gasteiger partial charge in [-0.2, -0.15) is 0 Å². The van der Waals surface area contributed by atoms with E-state index in [4.69, 9.17) is 9.47 Å². The van der Waals surface area contributed by atoms with E-state index in [0.29, 0.717) is 23.7 Å². The molecule has 1 unspecified atom stereocenters. The fraction of sp³-hybridized carbons (Fsp3) is 0.321. The van der Waals surface area contributed by atoms with Crippen molar-refractivity contribution in [2.24, 2.45) is 0 Å². The first-order valence-electron chi connectivity index (χ1n) is 11.8. The minimum Gasteiger partial charge on any atom is -0.476 e. The summed E-state index contributed by atoms with van der Waals surface area (Å²) in [4.78, 5) is 13.4. The molecule has 0 saturated carbocycles. The topological polar surface area (TPSA) is 84.9 Å². The lowest BCUT2D eigenvalue weighted by Gasteiger charge is -2.36. The zero-order valence-corrected chi connectivity index (χ0v) is 22.1. The van der Waals surface area contributed by atoms with Gasteiger partial charge in [0.15, 0.2) is 6.10 Å². The van der Waals surface area contributed by atoms with Crippen molar-refractivity contribution in [3.8, 4) is 5.75 Å². The molecule has 4 rings (SSSR count). The predicted molar refractivity (Wildman–Crippen MR) is 141 cm³/mol. The molecule has 0 saturated heterocycles. The van der Waals surface area contributed by atoms with E-state index in [1.165, 1.54) is 4.31 Å². The maximum atomic E-state index is 13.8. The van der Waals surface area contributed by atoms with E-state index in [2.05, 4.69) is 26.1 Å². The average molecular weight is 509 g/mol. The number of nitrogens with zero attached hydrogens (tertiary/aromatic N) is 1. The van der Waals surface area contributed by atoms with Gasteiger partial charge in [0.05, 0.1) is 23.7 Å². The molecule has 0 spiro atoms. The van der Waals surface area contributed by atoms with E-state index in [0.717, 1.165) is 16.7 Å². The van der Waals surface area contributed by atoms with Crippen LogP contribution < -0.4 is 14.4 Å². The highest BCUT2D eigenvalue weighted by atomic mass is 32.2. The number of aryl methyl sites for hydroxylation is 1. The number of amides is 1. The number of carbonyl (C=O) groups excluding carboxylic acids is 1. The van der Waals surface area contributed by atoms with Crippen molar-refractivity contribution in [3.05, 3.63) is 83.4 Å². The molecule has 0 aliphatic carbocycles. The number of hydrogen-bond acceptors (Lipinski definition) is 5. The van der Waals surface area contributed by atoms with Crippen LogP contribution in [0.1, 0.15) is 37.5 Å². The summed E-state index contributed by atoms with van der Waals surface area (Å²) in [5.41, 5.74) is 3.64. The van der Waals surface area contributed by atoms with Crippen molar-refractivity contribution < 1.29 is 22.7 Å². The van der Waals surface area contributed by atoms with Crippen molar-refractivity contribution in [3.63, 3.8) is 0 Å². The fourth-order valence-corrected chi connectivity index (χ4v) is 5.52. The number of benzene rings is 3. The second-order valence-corrected chi connectivity index (χ2v) is 11.9. The molecule has 7 nitrogen and oxygen atoms in total. The van der Waals surface area contributed by atoms with Crippen LogP contribution in [0.15, 0.2) is 71.6 Å². The Morgan fingerprint density at radius 2 is 1.81 bits per heavy atom. The summed E-state index contributed by atoms with van der Waals surface area (Å²) in [6.45, 7) is 8.34. The Hall–Kier alpha value is -3.36. The molecule has 3 aromatic rings. The van der Waals surface area contributed by atoms with Crippen LogP contribution in [-0.2, 0) is 31.6 Å². The number of nitrogens with one attached hydrogen (secondary N) is 1. The number of sulfonamides is 1. The lowest BCUT2D eigenvalue weighted by Crippen LogP contribution is -2.49. The van der Waals surface area contributed by atoms with E-state index in [1.54, 1.807) is 43.5 Å². The number of ether oxygens (including phenoxy) is 2. The van der Waals surface area contributed by atoms with Gasteiger partial charge >= 0.3 is 0 Å². The van der Waals surface area contributed by atoms with Crippen molar-refractivity contribution in [2.45, 2.75) is 50.7 Å². The van der Waals surface area contributed by atoms with Crippen molar-refractivity contribution in [1.82, 2.24) is 0 Å². The zero-order chi connectivity index (χ0) is 26.1. The summed E-state index contributed by atoms with van der Waals surface area (Å²) >= 11 is 0. The molecule has 1 heterocycles. The number of anilines is 2. The van der Waals surface area contributed by atoms with Gasteiger partial charge in [0.25, 0.3) is 15.9 Å². The molecule has 1 atom stereocenters. The summed E-state index contributed by atoms with van der Waals surface area (Å²) in [5, 5.41) is 2.86. The fourth-order valence-electron chi connectivity index (χ4n) is 4.05. The van der Waals surface area contributed by atoms with Crippen LogP contribution in [0.2, 0.25) is 0 Å². The van der Waals surface area contributed by atoms with Crippen molar-refractivity contribution in [1.29, 1.82) is 0 Å². The number of carbonyl (C=O) groups is 1. The van der Waals surface area contributed by atoms with Gasteiger partial charge in [-0.15, -0.1) is 0 Å². The molecule has 0 aromatic heterocycles. The Labute approximate surface area is 213 Å². The first-order chi connectivity index (χ1) is 17.0. The Morgan fingerprint density at radius 1 is 1.08 bits per heavy atom. The van der Waals surface area contributed by atoms with E-state index in [-0.39, 0.29) is 16.9 Å². The lowest BCUT2D eigenvalue weighted by molar-refractivity contribution is -0.122. The zero-order valence-electron chi connectivity index (χ0n) is 21.2. The van der Waals surface area contributed by atoms with Crippen LogP contribution in [0, 0.1) is 6.92 Å². The van der Waals surface area contributed by atoms with Gasteiger partial charge in [0, 0.05) is 12.8 Å². The van der Waals surface area contributed by atoms with Crippen molar-refractivity contribution >= 4 is 27.3 Å². The van der Waals surface area contributed by atoms with Gasteiger partial charge in [-0.3, -0.25) is 9.10 Å². The van der Waals surface area contributed by atoms with Crippen LogP contribution in [0.25, 0.3) is 0 Å². The van der Waals surface area contributed by atoms with Gasteiger partial charge in [-0.05, 0) is 59.9 Å². The van der Waals surface area contributed by atoms with E-state index in [1.807, 2.05) is 37.3 Å². The summed E-state index contributed by atoms with van der Waals surface area (Å²) in [6, 6.07) is 19.5. The number of rotatable bonds is 6. The number of hydrogen-bond donors (Lipinski definition) is 1. The molecule has 1 N–H and O–H groups in total. The quantitative estimate of drug-likeness (QED) is 0.505. The van der Waals surface area contributed by atoms with Gasteiger partial charge in [-0.25, -0.2) is 8.42 Å². The van der Waals surface area contributed by atoms with Crippen LogP contribution in [-0.4, -0.2) is 34.1 Å². The van der Waals surface area contributed by atoms with E-state index in [9.17, 15) is 13.2 Å². The third-order valence-electron chi connectivity index (χ3n) is 6.10. The molecule has 190 valence electrons. The average Bonchev–Trinajstić information content (AvgIpc) is 2.83. The minimum absolute atomic E-state index is 0.152. The highest BCUT2D eigenvalue weighted by molar-refractivity contribution is 7.92. The molecule has 1 aliphatic rings. The molecular weight excluding hydrogens is 476 g/mol. The maximum Gasteiger partial charge on any atom is 0.267 e. The van der Waals surface area contributed by atoms with Gasteiger partial charge in [0.2, 0.25) is 0 Å². The molecule has 0 bridgehead atoms. The Bertz CT molecular complexity index is 1360. The summed E-state index contributed by atoms with van der Waals surface area (Å²) in [5.74, 6) is -0.0857. The van der Waals surface area contributed by atoms with Gasteiger partial charge < -0.3 is 14.8 Å². The molecule has 8 heteroatoms. The largest absolute Gasteiger partial charge is 0.476 e. The van der Waals surface area contributed by atoms with Gasteiger partial charge in [-0.1, -0.05) is 56.7 Å². The van der Waals surface area contributed by atoms with E-state index < -0.39 is 22.0 Å². The third kappa shape index (κ3) is 5.39.